The molecule has 6 heterocycles. The maximum atomic E-state index is 12.8. The van der Waals surface area contributed by atoms with Crippen molar-refractivity contribution in [3.8, 4) is 0 Å². The molecule has 204 valence electrons. The average molecular weight is 561 g/mol. The first-order valence-corrected chi connectivity index (χ1v) is 12.8. The van der Waals surface area contributed by atoms with Crippen molar-refractivity contribution in [3.05, 3.63) is 48.1 Å². The zero-order valence-corrected chi connectivity index (χ0v) is 20.7. The lowest BCUT2D eigenvalue weighted by Crippen LogP contribution is -2.40. The first-order chi connectivity index (χ1) is 18.5. The molecule has 0 spiro atoms. The molecule has 0 aromatic carbocycles. The van der Waals surface area contributed by atoms with Crippen LogP contribution in [0.1, 0.15) is 21.0 Å². The van der Waals surface area contributed by atoms with Crippen LogP contribution in [0.3, 0.4) is 0 Å². The normalized spacial score (nSPS) is 22.5. The molecule has 19 heteroatoms. The highest BCUT2D eigenvalue weighted by Crippen LogP contribution is 2.30. The number of hydrogen-bond acceptors (Lipinski definition) is 10. The molecule has 6 amide bonds. The van der Waals surface area contributed by atoms with Crippen LogP contribution in [0.4, 0.5) is 9.59 Å². The minimum atomic E-state index is -4.94. The van der Waals surface area contributed by atoms with Gasteiger partial charge in [0.2, 0.25) is 0 Å². The van der Waals surface area contributed by atoms with Gasteiger partial charge in [0.25, 0.3) is 11.8 Å². The Kier molecular flexibility index (Phi) is 5.45. The number of rotatable bonds is 8. The SMILES string of the molecule is NC(=O)c1ccn(C2=CC3CN(C2)C(=O)N3OS(=O)(=O)ON2C(=O)N3CC(n4ccc(C(N)=O)n4)=CC2C3)n1. The van der Waals surface area contributed by atoms with Crippen molar-refractivity contribution < 1.29 is 36.2 Å². The molecule has 2 unspecified atom stereocenters. The van der Waals surface area contributed by atoms with Crippen molar-refractivity contribution >= 4 is 45.7 Å². The Labute approximate surface area is 219 Å². The number of nitrogens with zero attached hydrogens (tertiary/aromatic N) is 8. The molecule has 0 saturated carbocycles. The quantitative estimate of drug-likeness (QED) is 0.361. The topological polar surface area (TPSA) is 222 Å². The molecule has 2 atom stereocenters. The van der Waals surface area contributed by atoms with Crippen LogP contribution < -0.4 is 11.5 Å². The van der Waals surface area contributed by atoms with Crippen LogP contribution >= 0.6 is 0 Å². The van der Waals surface area contributed by atoms with Crippen molar-refractivity contribution in [2.75, 3.05) is 26.2 Å². The zero-order valence-electron chi connectivity index (χ0n) is 19.9. The van der Waals surface area contributed by atoms with E-state index >= 15 is 0 Å². The summed E-state index contributed by atoms with van der Waals surface area (Å²) in [6.45, 7) is 0.389. The summed E-state index contributed by atoms with van der Waals surface area (Å²) >= 11 is 0. The van der Waals surface area contributed by atoms with Crippen LogP contribution in [-0.2, 0) is 19.0 Å². The predicted molar refractivity (Wildman–Crippen MR) is 126 cm³/mol. The van der Waals surface area contributed by atoms with Crippen molar-refractivity contribution in [1.82, 2.24) is 39.5 Å². The van der Waals surface area contributed by atoms with Crippen molar-refractivity contribution in [2.45, 2.75) is 12.1 Å². The number of hydroxylamine groups is 4. The summed E-state index contributed by atoms with van der Waals surface area (Å²) < 4.78 is 38.3. The Balaban J connectivity index is 1.18. The van der Waals surface area contributed by atoms with Gasteiger partial charge < -0.3 is 21.3 Å². The fraction of sp³-hybridized carbons (Fsp3) is 0.300. The van der Waals surface area contributed by atoms with E-state index in [1.807, 2.05) is 0 Å². The molecule has 2 saturated heterocycles. The Hall–Kier alpha value is -4.75. The summed E-state index contributed by atoms with van der Waals surface area (Å²) in [4.78, 5) is 51.0. The van der Waals surface area contributed by atoms with E-state index in [0.29, 0.717) is 21.5 Å². The molecule has 4 N–H and O–H groups in total. The lowest BCUT2D eigenvalue weighted by molar-refractivity contribution is -0.0723. The number of primary amides is 2. The molecule has 0 aliphatic carbocycles. The van der Waals surface area contributed by atoms with E-state index in [0.717, 1.165) is 0 Å². The summed E-state index contributed by atoms with van der Waals surface area (Å²) in [7, 11) is -4.94. The zero-order chi connectivity index (χ0) is 27.6. The van der Waals surface area contributed by atoms with Gasteiger partial charge in [-0.25, -0.2) is 19.0 Å². The second-order valence-electron chi connectivity index (χ2n) is 9.01. The molecule has 4 aliphatic heterocycles. The van der Waals surface area contributed by atoms with Crippen LogP contribution in [-0.4, -0.2) is 110 Å². The molecular weight excluding hydrogens is 540 g/mol. The van der Waals surface area contributed by atoms with Gasteiger partial charge in [-0.3, -0.25) is 9.59 Å². The number of urea groups is 2. The highest BCUT2D eigenvalue weighted by molar-refractivity contribution is 7.81. The van der Waals surface area contributed by atoms with Crippen molar-refractivity contribution in [2.24, 2.45) is 11.5 Å². The van der Waals surface area contributed by atoms with Crippen molar-refractivity contribution in [1.29, 1.82) is 0 Å². The third-order valence-corrected chi connectivity index (χ3v) is 7.11. The standard InChI is InChI=1S/C20H20N10O8S/c21-17(31)15-1-3-27(23-15)11-5-13-9-25(7-11)19(33)29(13)37-39(35,36)38-30-14-6-12(8-26(10-14)20(30)34)28-4-2-16(24-28)18(22)32/h1-6,13-14H,7-10H2,(H2,21,31)(H2,22,32). The molecule has 39 heavy (non-hydrogen) atoms. The molecule has 2 aromatic heterocycles. The van der Waals surface area contributed by atoms with Gasteiger partial charge in [0.05, 0.1) is 24.5 Å². The number of aromatic nitrogens is 4. The van der Waals surface area contributed by atoms with Gasteiger partial charge in [-0.2, -0.15) is 28.7 Å². The molecule has 2 aromatic rings. The van der Waals surface area contributed by atoms with Gasteiger partial charge in [-0.15, -0.1) is 8.57 Å². The van der Waals surface area contributed by atoms with E-state index in [4.69, 9.17) is 20.0 Å². The monoisotopic (exact) mass is 560 g/mol. The molecule has 4 aliphatic rings. The van der Waals surface area contributed by atoms with E-state index in [1.165, 1.54) is 43.7 Å². The van der Waals surface area contributed by atoms with Gasteiger partial charge in [0.15, 0.2) is 0 Å². The van der Waals surface area contributed by atoms with E-state index in [2.05, 4.69) is 10.2 Å². The molecule has 6 rings (SSSR count). The third-order valence-electron chi connectivity index (χ3n) is 6.43. The number of hydrogen-bond donors (Lipinski definition) is 2. The molecular formula is C20H20N10O8S. The van der Waals surface area contributed by atoms with Crippen LogP contribution in [0.25, 0.3) is 11.4 Å². The van der Waals surface area contributed by atoms with Gasteiger partial charge in [-0.1, -0.05) is 0 Å². The summed E-state index contributed by atoms with van der Waals surface area (Å²) in [6, 6.07) is -0.339. The summed E-state index contributed by atoms with van der Waals surface area (Å²) in [6.07, 6.45) is 6.10. The van der Waals surface area contributed by atoms with E-state index in [1.54, 1.807) is 12.2 Å². The second kappa shape index (κ2) is 8.64. The maximum absolute atomic E-state index is 12.8. The summed E-state index contributed by atoms with van der Waals surface area (Å²) in [5.74, 6) is -1.45. The van der Waals surface area contributed by atoms with Crippen LogP contribution in [0.15, 0.2) is 36.7 Å². The Morgan fingerprint density at radius 1 is 0.795 bits per heavy atom. The predicted octanol–water partition coefficient (Wildman–Crippen LogP) is -1.99. The first-order valence-electron chi connectivity index (χ1n) is 11.4. The van der Waals surface area contributed by atoms with Crippen molar-refractivity contribution in [3.63, 3.8) is 0 Å². The highest BCUT2D eigenvalue weighted by atomic mass is 32.3. The van der Waals surface area contributed by atoms with E-state index in [9.17, 15) is 27.6 Å². The van der Waals surface area contributed by atoms with Crippen LogP contribution in [0.5, 0.6) is 0 Å². The summed E-state index contributed by atoms with van der Waals surface area (Å²) in [5, 5.41) is 9.36. The lowest BCUT2D eigenvalue weighted by atomic mass is 10.2. The molecule has 2 fully saturated rings. The van der Waals surface area contributed by atoms with Gasteiger partial charge in [0, 0.05) is 25.5 Å². The number of amides is 6. The smallest absolute Gasteiger partial charge is 0.364 e. The largest absolute Gasteiger partial charge is 0.442 e. The summed E-state index contributed by atoms with van der Waals surface area (Å²) in [5.41, 5.74) is 11.5. The Morgan fingerprint density at radius 2 is 1.21 bits per heavy atom. The number of carbonyl (C=O) groups excluding carboxylic acids is 4. The Bertz CT molecular complexity index is 1480. The highest BCUT2D eigenvalue weighted by Gasteiger charge is 2.47. The minimum Gasteiger partial charge on any atom is -0.364 e. The van der Waals surface area contributed by atoms with Gasteiger partial charge >= 0.3 is 22.5 Å². The number of fused-ring (bicyclic) bond motifs is 4. The minimum absolute atomic E-state index is 0.0218. The molecule has 18 nitrogen and oxygen atoms in total. The fourth-order valence-corrected chi connectivity index (χ4v) is 5.45. The van der Waals surface area contributed by atoms with E-state index in [-0.39, 0.29) is 37.6 Å². The van der Waals surface area contributed by atoms with Crippen LogP contribution in [0, 0.1) is 0 Å². The number of carbonyl (C=O) groups is 4. The number of nitrogens with two attached hydrogens (primary N) is 2. The van der Waals surface area contributed by atoms with E-state index < -0.39 is 46.4 Å². The second-order valence-corrected chi connectivity index (χ2v) is 10.1. The lowest BCUT2D eigenvalue weighted by Gasteiger charge is -2.22. The first kappa shape index (κ1) is 24.6. The Morgan fingerprint density at radius 3 is 1.56 bits per heavy atom. The maximum Gasteiger partial charge on any atom is 0.442 e. The van der Waals surface area contributed by atoms with Gasteiger partial charge in [0.1, 0.15) is 23.5 Å². The average Bonchev–Trinajstić information content (AvgIpc) is 3.66. The molecule has 0 radical (unpaired) electrons. The van der Waals surface area contributed by atoms with Gasteiger partial charge in [-0.05, 0) is 24.3 Å². The van der Waals surface area contributed by atoms with Crippen LogP contribution in [0.2, 0.25) is 0 Å². The fourth-order valence-electron chi connectivity index (χ4n) is 4.68. The molecule has 4 bridgehead atoms. The third kappa shape index (κ3) is 4.27.